The highest BCUT2D eigenvalue weighted by atomic mass is 16.6. The Hall–Kier alpha value is -2.96. The number of hydrogen-bond acceptors (Lipinski definition) is 5. The summed E-state index contributed by atoms with van der Waals surface area (Å²) >= 11 is 0. The maximum atomic E-state index is 12.6. The maximum Gasteiger partial charge on any atom is 0.300 e. The lowest BCUT2D eigenvalue weighted by Crippen LogP contribution is -2.31. The van der Waals surface area contributed by atoms with Gasteiger partial charge in [-0.05, 0) is 25.1 Å². The number of nitro groups is 1. The van der Waals surface area contributed by atoms with Crippen LogP contribution in [-0.2, 0) is 0 Å². The molecule has 0 aliphatic rings. The van der Waals surface area contributed by atoms with Crippen LogP contribution in [0.5, 0.6) is 0 Å². The average molecular weight is 286 g/mol. The molecule has 1 aromatic carbocycles. The zero-order valence-corrected chi connectivity index (χ0v) is 11.4. The van der Waals surface area contributed by atoms with E-state index in [0.717, 1.165) is 6.20 Å². The Morgan fingerprint density at radius 3 is 2.62 bits per heavy atom. The van der Waals surface area contributed by atoms with Crippen molar-refractivity contribution in [2.45, 2.75) is 6.92 Å². The molecule has 0 aliphatic carbocycles. The number of carbonyl (C=O) groups is 1. The van der Waals surface area contributed by atoms with Crippen LogP contribution in [0.15, 0.2) is 42.6 Å². The molecule has 1 heterocycles. The third-order valence-electron chi connectivity index (χ3n) is 2.96. The lowest BCUT2D eigenvalue weighted by atomic mass is 10.1. The Morgan fingerprint density at radius 2 is 2.05 bits per heavy atom. The molecule has 0 saturated heterocycles. The minimum atomic E-state index is -0.640. The molecule has 0 bridgehead atoms. The van der Waals surface area contributed by atoms with E-state index in [2.05, 4.69) is 4.98 Å². The zero-order chi connectivity index (χ0) is 15.4. The van der Waals surface area contributed by atoms with Gasteiger partial charge in [-0.3, -0.25) is 14.9 Å². The van der Waals surface area contributed by atoms with Gasteiger partial charge in [0, 0.05) is 12.2 Å². The number of rotatable bonds is 4. The molecule has 21 heavy (non-hydrogen) atoms. The van der Waals surface area contributed by atoms with Gasteiger partial charge in [-0.15, -0.1) is 0 Å². The Morgan fingerprint density at radius 1 is 1.38 bits per heavy atom. The molecular weight excluding hydrogens is 272 g/mol. The van der Waals surface area contributed by atoms with E-state index in [1.165, 1.54) is 11.0 Å². The van der Waals surface area contributed by atoms with E-state index in [4.69, 9.17) is 5.73 Å². The molecule has 2 N–H and O–H groups in total. The van der Waals surface area contributed by atoms with Gasteiger partial charge in [0.2, 0.25) is 0 Å². The SMILES string of the molecule is CCN(C(=O)c1cc(N)ncc1[N+](=O)[O-])c1ccccc1. The van der Waals surface area contributed by atoms with Crippen molar-refractivity contribution < 1.29 is 9.72 Å². The number of para-hydroxylation sites is 1. The van der Waals surface area contributed by atoms with Crippen LogP contribution in [0.3, 0.4) is 0 Å². The van der Waals surface area contributed by atoms with Gasteiger partial charge in [0.1, 0.15) is 17.6 Å². The highest BCUT2D eigenvalue weighted by Crippen LogP contribution is 2.23. The maximum absolute atomic E-state index is 12.6. The first-order valence-corrected chi connectivity index (χ1v) is 6.31. The molecule has 0 saturated carbocycles. The third-order valence-corrected chi connectivity index (χ3v) is 2.96. The number of benzene rings is 1. The molecule has 1 amide bonds. The quantitative estimate of drug-likeness (QED) is 0.685. The van der Waals surface area contributed by atoms with E-state index in [-0.39, 0.29) is 17.1 Å². The van der Waals surface area contributed by atoms with Crippen LogP contribution in [0.4, 0.5) is 17.2 Å². The average Bonchev–Trinajstić information content (AvgIpc) is 2.48. The van der Waals surface area contributed by atoms with Gasteiger partial charge in [0.05, 0.1) is 4.92 Å². The number of amides is 1. The molecule has 0 aliphatic heterocycles. The molecule has 108 valence electrons. The van der Waals surface area contributed by atoms with Gasteiger partial charge in [0.25, 0.3) is 11.6 Å². The Kier molecular flexibility index (Phi) is 4.13. The van der Waals surface area contributed by atoms with Gasteiger partial charge in [-0.1, -0.05) is 18.2 Å². The summed E-state index contributed by atoms with van der Waals surface area (Å²) in [5, 5.41) is 11.0. The van der Waals surface area contributed by atoms with E-state index in [1.807, 2.05) is 6.07 Å². The molecular formula is C14H14N4O3. The molecule has 0 atom stereocenters. The van der Waals surface area contributed by atoms with Gasteiger partial charge in [-0.2, -0.15) is 0 Å². The van der Waals surface area contributed by atoms with Crippen LogP contribution >= 0.6 is 0 Å². The smallest absolute Gasteiger partial charge is 0.300 e. The second-order valence-electron chi connectivity index (χ2n) is 4.27. The van der Waals surface area contributed by atoms with E-state index >= 15 is 0 Å². The summed E-state index contributed by atoms with van der Waals surface area (Å²) in [7, 11) is 0. The van der Waals surface area contributed by atoms with Gasteiger partial charge < -0.3 is 10.6 Å². The first-order valence-electron chi connectivity index (χ1n) is 6.31. The number of nitrogens with two attached hydrogens (primary N) is 1. The number of aromatic nitrogens is 1. The summed E-state index contributed by atoms with van der Waals surface area (Å²) in [6.45, 7) is 2.17. The predicted octanol–water partition coefficient (Wildman–Crippen LogP) is 2.24. The predicted molar refractivity (Wildman–Crippen MR) is 79.1 cm³/mol. The molecule has 7 heteroatoms. The standard InChI is InChI=1S/C14H14N4O3/c1-2-17(10-6-4-3-5-7-10)14(19)11-8-13(15)16-9-12(11)18(20)21/h3-9H,2H2,1H3,(H2,15,16). The Bertz CT molecular complexity index is 673. The van der Waals surface area contributed by atoms with Crippen LogP contribution < -0.4 is 10.6 Å². The van der Waals surface area contributed by atoms with Crippen LogP contribution in [0.2, 0.25) is 0 Å². The number of nitrogen functional groups attached to an aromatic ring is 1. The van der Waals surface area contributed by atoms with Crippen molar-refractivity contribution in [1.82, 2.24) is 4.98 Å². The molecule has 0 radical (unpaired) electrons. The molecule has 2 aromatic rings. The van der Waals surface area contributed by atoms with Crippen molar-refractivity contribution in [2.75, 3.05) is 17.2 Å². The summed E-state index contributed by atoms with van der Waals surface area (Å²) in [6, 6.07) is 10.2. The topological polar surface area (TPSA) is 102 Å². The number of nitrogens with zero attached hydrogens (tertiary/aromatic N) is 3. The first-order chi connectivity index (χ1) is 10.0. The van der Waals surface area contributed by atoms with Crippen LogP contribution in [0.1, 0.15) is 17.3 Å². The largest absolute Gasteiger partial charge is 0.384 e. The summed E-state index contributed by atoms with van der Waals surface area (Å²) in [6.07, 6.45) is 1.00. The lowest BCUT2D eigenvalue weighted by Gasteiger charge is -2.21. The van der Waals surface area contributed by atoms with Crippen molar-refractivity contribution in [2.24, 2.45) is 0 Å². The van der Waals surface area contributed by atoms with Crippen molar-refractivity contribution >= 4 is 23.1 Å². The molecule has 7 nitrogen and oxygen atoms in total. The Labute approximate surface area is 121 Å². The molecule has 2 rings (SSSR count). The number of anilines is 2. The third kappa shape index (κ3) is 2.97. The number of carbonyl (C=O) groups excluding carboxylic acids is 1. The molecule has 0 spiro atoms. The minimum Gasteiger partial charge on any atom is -0.384 e. The highest BCUT2D eigenvalue weighted by Gasteiger charge is 2.25. The van der Waals surface area contributed by atoms with E-state index < -0.39 is 10.8 Å². The molecule has 1 aromatic heterocycles. The summed E-state index contributed by atoms with van der Waals surface area (Å²) in [5.74, 6) is -0.419. The second kappa shape index (κ2) is 6.00. The van der Waals surface area contributed by atoms with Crippen molar-refractivity contribution in [3.63, 3.8) is 0 Å². The van der Waals surface area contributed by atoms with Crippen LogP contribution in [0.25, 0.3) is 0 Å². The van der Waals surface area contributed by atoms with Gasteiger partial charge in [-0.25, -0.2) is 4.98 Å². The van der Waals surface area contributed by atoms with Crippen LogP contribution in [0, 0.1) is 10.1 Å². The fraction of sp³-hybridized carbons (Fsp3) is 0.143. The Balaban J connectivity index is 2.48. The summed E-state index contributed by atoms with van der Waals surface area (Å²) in [4.78, 5) is 28.1. The first kappa shape index (κ1) is 14.4. The van der Waals surface area contributed by atoms with Crippen molar-refractivity contribution in [3.05, 3.63) is 58.3 Å². The molecule has 0 unspecified atom stereocenters. The van der Waals surface area contributed by atoms with Gasteiger partial charge in [0.15, 0.2) is 0 Å². The van der Waals surface area contributed by atoms with E-state index in [1.54, 1.807) is 31.2 Å². The fourth-order valence-corrected chi connectivity index (χ4v) is 1.98. The van der Waals surface area contributed by atoms with Gasteiger partial charge >= 0.3 is 0 Å². The summed E-state index contributed by atoms with van der Waals surface area (Å²) < 4.78 is 0. The van der Waals surface area contributed by atoms with Crippen LogP contribution in [-0.4, -0.2) is 22.4 Å². The number of hydrogen-bond donors (Lipinski definition) is 1. The zero-order valence-electron chi connectivity index (χ0n) is 11.4. The monoisotopic (exact) mass is 286 g/mol. The molecule has 0 fully saturated rings. The second-order valence-corrected chi connectivity index (χ2v) is 4.27. The van der Waals surface area contributed by atoms with Crippen molar-refractivity contribution in [1.29, 1.82) is 0 Å². The van der Waals surface area contributed by atoms with Crippen molar-refractivity contribution in [3.8, 4) is 0 Å². The minimum absolute atomic E-state index is 0.0630. The van der Waals surface area contributed by atoms with E-state index in [9.17, 15) is 14.9 Å². The highest BCUT2D eigenvalue weighted by molar-refractivity contribution is 6.08. The van der Waals surface area contributed by atoms with E-state index in [0.29, 0.717) is 12.2 Å². The summed E-state index contributed by atoms with van der Waals surface area (Å²) in [5.41, 5.74) is 5.77. The normalized spacial score (nSPS) is 10.1. The number of pyridine rings is 1. The fourth-order valence-electron chi connectivity index (χ4n) is 1.98. The lowest BCUT2D eigenvalue weighted by molar-refractivity contribution is -0.385.